The van der Waals surface area contributed by atoms with E-state index in [9.17, 15) is 10.2 Å². The molecule has 214 valence electrons. The number of benzene rings is 4. The Labute approximate surface area is 275 Å². The zero-order valence-electron chi connectivity index (χ0n) is 25.0. The van der Waals surface area contributed by atoms with E-state index in [-0.39, 0.29) is 63.3 Å². The largest absolute Gasteiger partial charge is 2.00 e. The van der Waals surface area contributed by atoms with Gasteiger partial charge in [-0.15, -0.1) is 11.3 Å². The SMILES string of the molecule is Cc1cc(C(c2cccs2)c2cc(C)c3cccc(C(C)(C)C)c3c2O)c(O)c2c(C(C)(C)C)cccc12.[Cl-].[Cl-].[Ti+2]. The van der Waals surface area contributed by atoms with Crippen LogP contribution in [0.4, 0.5) is 0 Å². The maximum absolute atomic E-state index is 12.0. The first-order valence-corrected chi connectivity index (χ1v) is 14.2. The molecule has 0 aliphatic carbocycles. The molecule has 0 unspecified atom stereocenters. The van der Waals surface area contributed by atoms with Gasteiger partial charge in [-0.05, 0) is 69.2 Å². The topological polar surface area (TPSA) is 40.5 Å². The quantitative estimate of drug-likeness (QED) is 0.294. The molecular weight excluding hydrogens is 603 g/mol. The number of hydrogen-bond donors (Lipinski definition) is 2. The third-order valence-corrected chi connectivity index (χ3v) is 8.75. The number of hydrogen-bond acceptors (Lipinski definition) is 3. The molecule has 0 aliphatic heterocycles. The molecule has 1 heterocycles. The van der Waals surface area contributed by atoms with E-state index >= 15 is 0 Å². The summed E-state index contributed by atoms with van der Waals surface area (Å²) in [7, 11) is 0. The van der Waals surface area contributed by atoms with Crippen LogP contribution in [0.1, 0.15) is 85.7 Å². The monoisotopic (exact) mass is 640 g/mol. The van der Waals surface area contributed by atoms with E-state index < -0.39 is 0 Å². The van der Waals surface area contributed by atoms with Crippen LogP contribution in [-0.4, -0.2) is 10.2 Å². The van der Waals surface area contributed by atoms with E-state index in [1.807, 2.05) is 6.07 Å². The van der Waals surface area contributed by atoms with Crippen molar-refractivity contribution in [3.63, 3.8) is 0 Å². The van der Waals surface area contributed by atoms with Crippen LogP contribution in [-0.2, 0) is 32.5 Å². The molecule has 0 saturated heterocycles. The smallest absolute Gasteiger partial charge is 1.00 e. The summed E-state index contributed by atoms with van der Waals surface area (Å²) in [6.45, 7) is 17.4. The summed E-state index contributed by atoms with van der Waals surface area (Å²) in [6.07, 6.45) is 0. The standard InChI is InChI=1S/C35H38O2S.2ClH.Ti/c1-20-18-24(32(36)30-22(20)12-9-14-26(30)34(3,4)5)29(28-16-11-17-38-28)25-19-21(2)23-13-10-15-27(35(6,7)8)31(23)33(25)37;;;/h9-19,29,36-37H,1-8H3;2*1H;/q;;;+2/p-2. The zero-order chi connectivity index (χ0) is 27.6. The number of aryl methyl sites for hydroxylation is 2. The third kappa shape index (κ3) is 6.22. The summed E-state index contributed by atoms with van der Waals surface area (Å²) < 4.78 is 0. The zero-order valence-corrected chi connectivity index (χ0v) is 28.9. The van der Waals surface area contributed by atoms with Gasteiger partial charge in [-0.1, -0.05) is 96.1 Å². The molecule has 41 heavy (non-hydrogen) atoms. The molecule has 6 heteroatoms. The van der Waals surface area contributed by atoms with Crippen LogP contribution in [0.3, 0.4) is 0 Å². The van der Waals surface area contributed by atoms with Crippen molar-refractivity contribution in [2.45, 2.75) is 72.1 Å². The fourth-order valence-electron chi connectivity index (χ4n) is 5.94. The summed E-state index contributed by atoms with van der Waals surface area (Å²) in [4.78, 5) is 1.09. The van der Waals surface area contributed by atoms with Gasteiger partial charge in [0, 0.05) is 26.8 Å². The van der Waals surface area contributed by atoms with Crippen LogP contribution in [0.15, 0.2) is 66.0 Å². The first-order chi connectivity index (χ1) is 17.8. The predicted molar refractivity (Wildman–Crippen MR) is 163 cm³/mol. The molecule has 0 radical (unpaired) electrons. The number of phenolic OH excluding ortho intramolecular Hbond substituents is 2. The first kappa shape index (κ1) is 35.2. The Morgan fingerprint density at radius 2 is 1.05 bits per heavy atom. The number of rotatable bonds is 3. The summed E-state index contributed by atoms with van der Waals surface area (Å²) >= 11 is 1.66. The van der Waals surface area contributed by atoms with E-state index in [4.69, 9.17) is 0 Å². The molecule has 0 atom stereocenters. The molecule has 5 aromatic rings. The van der Waals surface area contributed by atoms with Gasteiger partial charge in [-0.25, -0.2) is 0 Å². The van der Waals surface area contributed by atoms with Crippen LogP contribution in [0.5, 0.6) is 11.5 Å². The molecule has 2 nitrogen and oxygen atoms in total. The van der Waals surface area contributed by atoms with Gasteiger partial charge < -0.3 is 35.0 Å². The maximum Gasteiger partial charge on any atom is 2.00 e. The van der Waals surface area contributed by atoms with Crippen LogP contribution in [0.25, 0.3) is 21.5 Å². The van der Waals surface area contributed by atoms with Gasteiger partial charge in [-0.2, -0.15) is 0 Å². The number of phenols is 2. The van der Waals surface area contributed by atoms with Gasteiger partial charge in [0.1, 0.15) is 11.5 Å². The predicted octanol–water partition coefficient (Wildman–Crippen LogP) is 3.86. The van der Waals surface area contributed by atoms with Crippen molar-refractivity contribution in [2.24, 2.45) is 0 Å². The van der Waals surface area contributed by atoms with Gasteiger partial charge in [0.15, 0.2) is 0 Å². The minimum atomic E-state index is -0.303. The summed E-state index contributed by atoms with van der Waals surface area (Å²) in [6, 6.07) is 21.0. The Balaban J connectivity index is 0.00000196. The Hall–Kier alpha value is -2.01. The molecule has 0 bridgehead atoms. The van der Waals surface area contributed by atoms with E-state index in [0.29, 0.717) is 11.5 Å². The van der Waals surface area contributed by atoms with Crippen molar-refractivity contribution in [1.29, 1.82) is 0 Å². The van der Waals surface area contributed by atoms with Crippen molar-refractivity contribution in [3.8, 4) is 11.5 Å². The van der Waals surface area contributed by atoms with E-state index in [2.05, 4.69) is 115 Å². The van der Waals surface area contributed by atoms with Gasteiger partial charge in [-0.3, -0.25) is 0 Å². The molecule has 0 fully saturated rings. The Morgan fingerprint density at radius 1 is 0.634 bits per heavy atom. The molecule has 1 aromatic heterocycles. The van der Waals surface area contributed by atoms with Crippen molar-refractivity contribution >= 4 is 32.9 Å². The second-order valence-electron chi connectivity index (χ2n) is 12.7. The summed E-state index contributed by atoms with van der Waals surface area (Å²) in [5, 5.41) is 30.1. The van der Waals surface area contributed by atoms with Crippen molar-refractivity contribution in [2.75, 3.05) is 0 Å². The van der Waals surface area contributed by atoms with E-state index in [1.165, 1.54) is 0 Å². The molecule has 4 aromatic carbocycles. The van der Waals surface area contributed by atoms with Crippen molar-refractivity contribution in [1.82, 2.24) is 0 Å². The fourth-order valence-corrected chi connectivity index (χ4v) is 6.80. The Bertz CT molecular complexity index is 1570. The second kappa shape index (κ2) is 12.7. The van der Waals surface area contributed by atoms with Crippen LogP contribution in [0, 0.1) is 13.8 Å². The molecule has 2 N–H and O–H groups in total. The Morgan fingerprint density at radius 3 is 1.39 bits per heavy atom. The number of aromatic hydroxyl groups is 2. The molecule has 0 saturated carbocycles. The van der Waals surface area contributed by atoms with Gasteiger partial charge >= 0.3 is 21.7 Å². The van der Waals surface area contributed by atoms with Crippen LogP contribution in [0.2, 0.25) is 0 Å². The molecule has 0 aliphatic rings. The average Bonchev–Trinajstić information content (AvgIpc) is 3.38. The minimum Gasteiger partial charge on any atom is -1.00 e. The maximum atomic E-state index is 12.0. The summed E-state index contributed by atoms with van der Waals surface area (Å²) in [5.41, 5.74) is 5.87. The van der Waals surface area contributed by atoms with Gasteiger partial charge in [0.2, 0.25) is 0 Å². The fraction of sp³-hybridized carbons (Fsp3) is 0.314. The minimum absolute atomic E-state index is 0. The molecule has 0 amide bonds. The van der Waals surface area contributed by atoms with E-state index in [1.54, 1.807) is 11.3 Å². The van der Waals surface area contributed by atoms with Gasteiger partial charge in [0.25, 0.3) is 0 Å². The number of fused-ring (bicyclic) bond motifs is 2. The van der Waals surface area contributed by atoms with Crippen molar-refractivity contribution in [3.05, 3.63) is 104 Å². The second-order valence-corrected chi connectivity index (χ2v) is 13.6. The van der Waals surface area contributed by atoms with Crippen molar-refractivity contribution < 1.29 is 56.7 Å². The molecule has 0 spiro atoms. The Kier molecular flexibility index (Phi) is 10.9. The number of thiophene rings is 1. The van der Waals surface area contributed by atoms with E-state index in [0.717, 1.165) is 59.8 Å². The normalized spacial score (nSPS) is 11.7. The van der Waals surface area contributed by atoms with Crippen LogP contribution >= 0.6 is 11.3 Å². The molecule has 5 rings (SSSR count). The van der Waals surface area contributed by atoms with Crippen LogP contribution < -0.4 is 24.8 Å². The average molecular weight is 642 g/mol. The summed E-state index contributed by atoms with van der Waals surface area (Å²) in [5.74, 6) is 0.300. The van der Waals surface area contributed by atoms with Gasteiger partial charge in [0.05, 0.1) is 5.92 Å². The molecular formula is C35H38Cl2O2STi. The third-order valence-electron chi connectivity index (χ3n) is 7.81. The first-order valence-electron chi connectivity index (χ1n) is 13.4. The number of halogens is 2.